The van der Waals surface area contributed by atoms with Gasteiger partial charge in [-0.2, -0.15) is 0 Å². The lowest BCUT2D eigenvalue weighted by Crippen LogP contribution is -2.33. The maximum absolute atomic E-state index is 11.2. The van der Waals surface area contributed by atoms with Crippen LogP contribution in [0.5, 0.6) is 0 Å². The van der Waals surface area contributed by atoms with Crippen molar-refractivity contribution in [3.8, 4) is 0 Å². The Morgan fingerprint density at radius 1 is 1.44 bits per heavy atom. The summed E-state index contributed by atoms with van der Waals surface area (Å²) in [7, 11) is 1.67. The minimum atomic E-state index is -0.00416. The molecule has 0 saturated carbocycles. The Kier molecular flexibility index (Phi) is 3.94. The van der Waals surface area contributed by atoms with Gasteiger partial charge >= 0.3 is 0 Å². The number of benzene rings is 1. The molecule has 2 rings (SSSR count). The molecule has 0 atom stereocenters. The molecule has 1 heterocycles. The van der Waals surface area contributed by atoms with Crippen molar-refractivity contribution >= 4 is 17.5 Å². The van der Waals surface area contributed by atoms with Crippen molar-refractivity contribution in [2.24, 2.45) is 0 Å². The molecule has 3 N–H and O–H groups in total. The molecule has 5 heteroatoms. The minimum absolute atomic E-state index is 0.00416. The Morgan fingerprint density at radius 3 is 3.06 bits per heavy atom. The molecule has 1 aromatic carbocycles. The molecule has 1 aromatic rings. The number of hydrazine groups is 1. The summed E-state index contributed by atoms with van der Waals surface area (Å²) in [5, 5.41) is 2.80. The fourth-order valence-corrected chi connectivity index (χ4v) is 2.09. The molecule has 0 saturated heterocycles. The van der Waals surface area contributed by atoms with E-state index in [1.807, 2.05) is 18.2 Å². The molecule has 0 fully saturated rings. The zero-order chi connectivity index (χ0) is 13.0. The van der Waals surface area contributed by atoms with E-state index in [0.29, 0.717) is 12.8 Å². The highest BCUT2D eigenvalue weighted by molar-refractivity contribution is 5.99. The van der Waals surface area contributed by atoms with Gasteiger partial charge in [0.2, 0.25) is 11.8 Å². The molecule has 0 unspecified atom stereocenters. The van der Waals surface area contributed by atoms with Crippen LogP contribution < -0.4 is 16.2 Å². The predicted molar refractivity (Wildman–Crippen MR) is 68.9 cm³/mol. The SMILES string of the molecule is CNNC(=O)CCCc1ccc2c(c1)CC(=O)N2. The van der Waals surface area contributed by atoms with E-state index in [-0.39, 0.29) is 11.8 Å². The lowest BCUT2D eigenvalue weighted by Gasteiger charge is -2.05. The maximum Gasteiger partial charge on any atom is 0.234 e. The third kappa shape index (κ3) is 3.07. The van der Waals surface area contributed by atoms with Crippen molar-refractivity contribution in [2.45, 2.75) is 25.7 Å². The average Bonchev–Trinajstić information content (AvgIpc) is 2.69. The number of carbonyl (C=O) groups is 2. The highest BCUT2D eigenvalue weighted by atomic mass is 16.2. The predicted octanol–water partition coefficient (Wildman–Crippen LogP) is 0.754. The van der Waals surface area contributed by atoms with E-state index < -0.39 is 0 Å². The van der Waals surface area contributed by atoms with Crippen molar-refractivity contribution in [1.82, 2.24) is 10.9 Å². The largest absolute Gasteiger partial charge is 0.326 e. The van der Waals surface area contributed by atoms with E-state index in [1.54, 1.807) is 7.05 Å². The van der Waals surface area contributed by atoms with Gasteiger partial charge in [-0.15, -0.1) is 0 Å². The second-order valence-corrected chi connectivity index (χ2v) is 4.37. The third-order valence-corrected chi connectivity index (χ3v) is 2.93. The summed E-state index contributed by atoms with van der Waals surface area (Å²) in [6.07, 6.45) is 2.60. The molecule has 2 amide bonds. The number of carbonyl (C=O) groups excluding carboxylic acids is 2. The first kappa shape index (κ1) is 12.6. The Balaban J connectivity index is 1.86. The van der Waals surface area contributed by atoms with E-state index >= 15 is 0 Å². The van der Waals surface area contributed by atoms with Gasteiger partial charge in [0.15, 0.2) is 0 Å². The normalized spacial score (nSPS) is 13.1. The van der Waals surface area contributed by atoms with Crippen molar-refractivity contribution in [1.29, 1.82) is 0 Å². The quantitative estimate of drug-likeness (QED) is 0.673. The zero-order valence-corrected chi connectivity index (χ0v) is 10.4. The molecule has 1 aliphatic rings. The van der Waals surface area contributed by atoms with Gasteiger partial charge in [0.1, 0.15) is 0 Å². The first-order valence-corrected chi connectivity index (χ1v) is 6.06. The van der Waals surface area contributed by atoms with Crippen LogP contribution in [0.3, 0.4) is 0 Å². The molecule has 96 valence electrons. The van der Waals surface area contributed by atoms with Crippen molar-refractivity contribution in [3.05, 3.63) is 29.3 Å². The molecule has 0 bridgehead atoms. The number of hydrogen-bond acceptors (Lipinski definition) is 3. The van der Waals surface area contributed by atoms with Gasteiger partial charge in [-0.1, -0.05) is 12.1 Å². The smallest absolute Gasteiger partial charge is 0.234 e. The van der Waals surface area contributed by atoms with E-state index in [1.165, 1.54) is 5.56 Å². The topological polar surface area (TPSA) is 70.2 Å². The van der Waals surface area contributed by atoms with Gasteiger partial charge in [-0.3, -0.25) is 15.0 Å². The Bertz CT molecular complexity index is 471. The summed E-state index contributed by atoms with van der Waals surface area (Å²) >= 11 is 0. The zero-order valence-electron chi connectivity index (χ0n) is 10.4. The van der Waals surface area contributed by atoms with Gasteiger partial charge < -0.3 is 5.32 Å². The van der Waals surface area contributed by atoms with E-state index in [9.17, 15) is 9.59 Å². The number of fused-ring (bicyclic) bond motifs is 1. The lowest BCUT2D eigenvalue weighted by molar-refractivity contribution is -0.122. The molecular weight excluding hydrogens is 230 g/mol. The number of rotatable bonds is 5. The first-order valence-electron chi connectivity index (χ1n) is 6.06. The van der Waals surface area contributed by atoms with Crippen LogP contribution in [0.1, 0.15) is 24.0 Å². The maximum atomic E-state index is 11.2. The molecule has 0 spiro atoms. The van der Waals surface area contributed by atoms with Gasteiger partial charge in [-0.05, 0) is 30.0 Å². The van der Waals surface area contributed by atoms with Gasteiger partial charge in [0.05, 0.1) is 6.42 Å². The van der Waals surface area contributed by atoms with Crippen LogP contribution in [0.25, 0.3) is 0 Å². The van der Waals surface area contributed by atoms with E-state index in [4.69, 9.17) is 0 Å². The van der Waals surface area contributed by atoms with Crippen LogP contribution in [0.15, 0.2) is 18.2 Å². The standard InChI is InChI=1S/C13H17N3O2/c1-14-16-12(17)4-2-3-9-5-6-11-10(7-9)8-13(18)15-11/h5-7,14H,2-4,8H2,1H3,(H,15,18)(H,16,17). The fourth-order valence-electron chi connectivity index (χ4n) is 2.09. The molecule has 18 heavy (non-hydrogen) atoms. The molecule has 0 aliphatic carbocycles. The van der Waals surface area contributed by atoms with Crippen LogP contribution in [-0.4, -0.2) is 18.9 Å². The minimum Gasteiger partial charge on any atom is -0.326 e. The van der Waals surface area contributed by atoms with Crippen LogP contribution in [0.4, 0.5) is 5.69 Å². The number of amides is 2. The fraction of sp³-hybridized carbons (Fsp3) is 0.385. The summed E-state index contributed by atoms with van der Waals surface area (Å²) < 4.78 is 0. The number of aryl methyl sites for hydroxylation is 1. The second kappa shape index (κ2) is 5.64. The van der Waals surface area contributed by atoms with E-state index in [2.05, 4.69) is 16.2 Å². The summed E-state index contributed by atoms with van der Waals surface area (Å²) in [6, 6.07) is 5.98. The van der Waals surface area contributed by atoms with Gasteiger partial charge in [0, 0.05) is 19.2 Å². The molecule has 1 aliphatic heterocycles. The number of hydrogen-bond donors (Lipinski definition) is 3. The summed E-state index contributed by atoms with van der Waals surface area (Å²) in [5.41, 5.74) is 8.28. The number of nitrogens with one attached hydrogen (secondary N) is 3. The lowest BCUT2D eigenvalue weighted by atomic mass is 10.0. The van der Waals surface area contributed by atoms with Crippen LogP contribution in [0.2, 0.25) is 0 Å². The van der Waals surface area contributed by atoms with Gasteiger partial charge in [0.25, 0.3) is 0 Å². The first-order chi connectivity index (χ1) is 8.69. The molecular formula is C13H17N3O2. The Labute approximate surface area is 106 Å². The second-order valence-electron chi connectivity index (χ2n) is 4.37. The Hall–Kier alpha value is -1.88. The summed E-state index contributed by atoms with van der Waals surface area (Å²) in [4.78, 5) is 22.5. The molecule has 0 aromatic heterocycles. The average molecular weight is 247 g/mol. The van der Waals surface area contributed by atoms with Crippen molar-refractivity contribution in [2.75, 3.05) is 12.4 Å². The van der Waals surface area contributed by atoms with Crippen molar-refractivity contribution < 1.29 is 9.59 Å². The van der Waals surface area contributed by atoms with Crippen molar-refractivity contribution in [3.63, 3.8) is 0 Å². The third-order valence-electron chi connectivity index (χ3n) is 2.93. The highest BCUT2D eigenvalue weighted by Crippen LogP contribution is 2.24. The monoisotopic (exact) mass is 247 g/mol. The Morgan fingerprint density at radius 2 is 2.28 bits per heavy atom. The van der Waals surface area contributed by atoms with Gasteiger partial charge in [-0.25, -0.2) is 5.43 Å². The molecule has 5 nitrogen and oxygen atoms in total. The highest BCUT2D eigenvalue weighted by Gasteiger charge is 2.17. The van der Waals surface area contributed by atoms with Crippen LogP contribution in [0, 0.1) is 0 Å². The van der Waals surface area contributed by atoms with Crippen LogP contribution >= 0.6 is 0 Å². The molecule has 0 radical (unpaired) electrons. The number of anilines is 1. The summed E-state index contributed by atoms with van der Waals surface area (Å²) in [6.45, 7) is 0. The summed E-state index contributed by atoms with van der Waals surface area (Å²) in [5.74, 6) is 0.0473. The van der Waals surface area contributed by atoms with E-state index in [0.717, 1.165) is 24.1 Å². The van der Waals surface area contributed by atoms with Crippen LogP contribution in [-0.2, 0) is 22.4 Å².